The predicted molar refractivity (Wildman–Crippen MR) is 57.0 cm³/mol. The van der Waals surface area contributed by atoms with E-state index >= 15 is 0 Å². The Hall–Kier alpha value is -0.0100. The van der Waals surface area contributed by atoms with Crippen LogP contribution in [0, 0.1) is 0 Å². The number of hydrogen-bond acceptors (Lipinski definition) is 2. The van der Waals surface area contributed by atoms with Crippen molar-refractivity contribution >= 4 is 21.6 Å². The zero-order valence-electron chi connectivity index (χ0n) is 9.07. The average Bonchev–Trinajstić information content (AvgIpc) is 1.99. The fourth-order valence-corrected chi connectivity index (χ4v) is 2.65. The van der Waals surface area contributed by atoms with Crippen LogP contribution in [-0.2, 0) is 10.0 Å². The molecule has 0 fully saturated rings. The van der Waals surface area contributed by atoms with Crippen molar-refractivity contribution in [3.05, 3.63) is 0 Å². The van der Waals surface area contributed by atoms with Gasteiger partial charge in [0.05, 0.1) is 5.75 Å². The maximum absolute atomic E-state index is 11.8. The van der Waals surface area contributed by atoms with Crippen molar-refractivity contribution in [3.63, 3.8) is 0 Å². The Morgan fingerprint density at radius 2 is 1.75 bits per heavy atom. The fraction of sp³-hybridized carbons (Fsp3) is 1.00. The molecule has 0 aliphatic rings. The van der Waals surface area contributed by atoms with E-state index in [2.05, 4.69) is 4.72 Å². The molecule has 98 valence electrons. The van der Waals surface area contributed by atoms with Gasteiger partial charge in [-0.3, -0.25) is 0 Å². The first-order valence-corrected chi connectivity index (χ1v) is 6.80. The van der Waals surface area contributed by atoms with Gasteiger partial charge in [0.1, 0.15) is 0 Å². The quantitative estimate of drug-likeness (QED) is 0.759. The third kappa shape index (κ3) is 8.18. The zero-order valence-corrected chi connectivity index (χ0v) is 10.6. The summed E-state index contributed by atoms with van der Waals surface area (Å²) < 4.78 is 60.3. The summed E-state index contributed by atoms with van der Waals surface area (Å²) in [5.41, 5.74) is -0.849. The molecule has 0 radical (unpaired) electrons. The van der Waals surface area contributed by atoms with Crippen LogP contribution >= 0.6 is 11.6 Å². The Balaban J connectivity index is 4.18. The summed E-state index contributed by atoms with van der Waals surface area (Å²) >= 11 is 5.50. The smallest absolute Gasteiger partial charge is 0.212 e. The standard InChI is InChI=1S/C8H15ClF3NO2S/c1-7(2,6-9)13-16(14,15)5-3-4-8(10,11)12/h13H,3-6H2,1-2H3. The third-order valence-electron chi connectivity index (χ3n) is 1.64. The van der Waals surface area contributed by atoms with E-state index < -0.39 is 40.3 Å². The third-order valence-corrected chi connectivity index (χ3v) is 4.00. The maximum Gasteiger partial charge on any atom is 0.389 e. The highest BCUT2D eigenvalue weighted by Crippen LogP contribution is 2.21. The molecule has 8 heteroatoms. The summed E-state index contributed by atoms with van der Waals surface area (Å²) in [5.74, 6) is -0.502. The summed E-state index contributed by atoms with van der Waals surface area (Å²) in [7, 11) is -3.71. The normalized spacial score (nSPS) is 14.1. The molecule has 0 aliphatic carbocycles. The van der Waals surface area contributed by atoms with Gasteiger partial charge in [-0.1, -0.05) is 0 Å². The van der Waals surface area contributed by atoms with Crippen LogP contribution in [0.3, 0.4) is 0 Å². The molecule has 0 rings (SSSR count). The van der Waals surface area contributed by atoms with Crippen molar-refractivity contribution in [2.75, 3.05) is 11.6 Å². The molecule has 1 N–H and O–H groups in total. The van der Waals surface area contributed by atoms with Gasteiger partial charge in [-0.2, -0.15) is 13.2 Å². The van der Waals surface area contributed by atoms with Crippen molar-refractivity contribution in [2.24, 2.45) is 0 Å². The average molecular weight is 282 g/mol. The lowest BCUT2D eigenvalue weighted by Gasteiger charge is -2.22. The second kappa shape index (κ2) is 5.55. The molecule has 3 nitrogen and oxygen atoms in total. The van der Waals surface area contributed by atoms with Gasteiger partial charge in [0.25, 0.3) is 0 Å². The Labute approximate surface area is 98.4 Å². The molecular formula is C8H15ClF3NO2S. The molecule has 0 aromatic rings. The van der Waals surface area contributed by atoms with Crippen molar-refractivity contribution in [1.29, 1.82) is 0 Å². The lowest BCUT2D eigenvalue weighted by Crippen LogP contribution is -2.45. The molecule has 0 heterocycles. The summed E-state index contributed by atoms with van der Waals surface area (Å²) in [4.78, 5) is 0. The second-order valence-electron chi connectivity index (χ2n) is 4.16. The van der Waals surface area contributed by atoms with Gasteiger partial charge in [0.15, 0.2) is 0 Å². The van der Waals surface area contributed by atoms with E-state index in [1.54, 1.807) is 13.8 Å². The highest BCUT2D eigenvalue weighted by Gasteiger charge is 2.29. The van der Waals surface area contributed by atoms with Gasteiger partial charge in [-0.15, -0.1) is 11.6 Å². The topological polar surface area (TPSA) is 46.2 Å². The molecule has 0 atom stereocenters. The number of alkyl halides is 4. The molecular weight excluding hydrogens is 267 g/mol. The molecule has 0 spiro atoms. The molecule has 0 bridgehead atoms. The largest absolute Gasteiger partial charge is 0.389 e. The number of halogens is 4. The first-order chi connectivity index (χ1) is 6.97. The van der Waals surface area contributed by atoms with E-state index in [0.29, 0.717) is 0 Å². The second-order valence-corrected chi connectivity index (χ2v) is 6.27. The van der Waals surface area contributed by atoms with Gasteiger partial charge >= 0.3 is 6.18 Å². The van der Waals surface area contributed by atoms with Gasteiger partial charge in [0, 0.05) is 17.8 Å². The number of sulfonamides is 1. The first kappa shape index (κ1) is 16.0. The zero-order chi connectivity index (χ0) is 13.0. The maximum atomic E-state index is 11.8. The molecule has 0 saturated heterocycles. The van der Waals surface area contributed by atoms with Gasteiger partial charge < -0.3 is 0 Å². The summed E-state index contributed by atoms with van der Waals surface area (Å²) in [6.45, 7) is 3.11. The van der Waals surface area contributed by atoms with Crippen molar-refractivity contribution < 1.29 is 21.6 Å². The number of nitrogens with one attached hydrogen (secondary N) is 1. The van der Waals surface area contributed by atoms with Gasteiger partial charge in [-0.25, -0.2) is 13.1 Å². The lowest BCUT2D eigenvalue weighted by molar-refractivity contribution is -0.134. The van der Waals surface area contributed by atoms with E-state index in [0.717, 1.165) is 0 Å². The van der Waals surface area contributed by atoms with E-state index in [1.165, 1.54) is 0 Å². The van der Waals surface area contributed by atoms with Crippen LogP contribution in [0.15, 0.2) is 0 Å². The molecule has 0 aromatic heterocycles. The Morgan fingerprint density at radius 3 is 2.12 bits per heavy atom. The lowest BCUT2D eigenvalue weighted by atomic mass is 10.1. The molecule has 0 unspecified atom stereocenters. The predicted octanol–water partition coefficient (Wildman–Crippen LogP) is 2.27. The minimum Gasteiger partial charge on any atom is -0.212 e. The fourth-order valence-electron chi connectivity index (χ4n) is 0.962. The first-order valence-electron chi connectivity index (χ1n) is 4.62. The SMILES string of the molecule is CC(C)(CCl)NS(=O)(=O)CCCC(F)(F)F. The molecule has 0 amide bonds. The van der Waals surface area contributed by atoms with Crippen molar-refractivity contribution in [1.82, 2.24) is 4.72 Å². The van der Waals surface area contributed by atoms with Crippen molar-refractivity contribution in [3.8, 4) is 0 Å². The minimum absolute atomic E-state index is 0.0471. The van der Waals surface area contributed by atoms with E-state index in [4.69, 9.17) is 11.6 Å². The number of hydrogen-bond donors (Lipinski definition) is 1. The molecule has 16 heavy (non-hydrogen) atoms. The van der Waals surface area contributed by atoms with Crippen LogP contribution in [0.25, 0.3) is 0 Å². The highest BCUT2D eigenvalue weighted by molar-refractivity contribution is 7.89. The summed E-state index contributed by atoms with van der Waals surface area (Å²) in [6.07, 6.45) is -5.87. The monoisotopic (exact) mass is 281 g/mol. The van der Waals surface area contributed by atoms with Crippen LogP contribution in [0.1, 0.15) is 26.7 Å². The van der Waals surface area contributed by atoms with Gasteiger partial charge in [0.2, 0.25) is 10.0 Å². The minimum atomic E-state index is -4.32. The summed E-state index contributed by atoms with van der Waals surface area (Å²) in [6, 6.07) is 0. The van der Waals surface area contributed by atoms with Crippen LogP contribution in [0.5, 0.6) is 0 Å². The van der Waals surface area contributed by atoms with Crippen LogP contribution < -0.4 is 4.72 Å². The van der Waals surface area contributed by atoms with E-state index in [9.17, 15) is 21.6 Å². The molecule has 0 aromatic carbocycles. The van der Waals surface area contributed by atoms with Crippen molar-refractivity contribution in [2.45, 2.75) is 38.4 Å². The van der Waals surface area contributed by atoms with Crippen LogP contribution in [0.4, 0.5) is 13.2 Å². The highest BCUT2D eigenvalue weighted by atomic mass is 35.5. The Kier molecular flexibility index (Phi) is 5.55. The Morgan fingerprint density at radius 1 is 1.25 bits per heavy atom. The number of rotatable bonds is 6. The molecule has 0 aliphatic heterocycles. The van der Waals surface area contributed by atoms with Crippen LogP contribution in [-0.4, -0.2) is 31.8 Å². The summed E-state index contributed by atoms with van der Waals surface area (Å²) in [5, 5.41) is 0. The molecule has 0 saturated carbocycles. The van der Waals surface area contributed by atoms with Gasteiger partial charge in [-0.05, 0) is 20.3 Å². The Bertz CT molecular complexity index is 314. The van der Waals surface area contributed by atoms with Crippen LogP contribution in [0.2, 0.25) is 0 Å². The van der Waals surface area contributed by atoms with E-state index in [-0.39, 0.29) is 5.88 Å². The van der Waals surface area contributed by atoms with E-state index in [1.807, 2.05) is 0 Å².